The van der Waals surface area contributed by atoms with Crippen LogP contribution in [0.5, 0.6) is 0 Å². The van der Waals surface area contributed by atoms with Crippen LogP contribution in [0.3, 0.4) is 0 Å². The number of rotatable bonds is 7. The Morgan fingerprint density at radius 3 is 2.77 bits per heavy atom. The van der Waals surface area contributed by atoms with Crippen LogP contribution in [0.15, 0.2) is 29.8 Å². The van der Waals surface area contributed by atoms with Crippen molar-refractivity contribution in [1.82, 2.24) is 20.3 Å². The van der Waals surface area contributed by atoms with E-state index >= 15 is 0 Å². The molecular formula is C20H23N5O4S2. The van der Waals surface area contributed by atoms with Crippen molar-refractivity contribution < 1.29 is 17.9 Å². The van der Waals surface area contributed by atoms with Crippen molar-refractivity contribution in [3.8, 4) is 11.5 Å². The van der Waals surface area contributed by atoms with Gasteiger partial charge in [-0.05, 0) is 18.6 Å². The fourth-order valence-corrected chi connectivity index (χ4v) is 4.92. The van der Waals surface area contributed by atoms with Gasteiger partial charge in [-0.1, -0.05) is 6.07 Å². The number of thiophene rings is 1. The van der Waals surface area contributed by atoms with Gasteiger partial charge in [0, 0.05) is 37.5 Å². The minimum absolute atomic E-state index is 0.0350. The van der Waals surface area contributed by atoms with Gasteiger partial charge in [-0.3, -0.25) is 9.78 Å². The monoisotopic (exact) mass is 461 g/mol. The van der Waals surface area contributed by atoms with E-state index in [9.17, 15) is 13.2 Å². The van der Waals surface area contributed by atoms with E-state index in [2.05, 4.69) is 20.2 Å². The zero-order chi connectivity index (χ0) is 21.8. The lowest BCUT2D eigenvalue weighted by Gasteiger charge is -2.28. The maximum atomic E-state index is 12.9. The quantitative estimate of drug-likeness (QED) is 0.530. The minimum atomic E-state index is -3.06. The number of sulfone groups is 1. The molecule has 1 amide bonds. The maximum absolute atomic E-state index is 12.9. The molecule has 4 heterocycles. The number of morpholine rings is 1. The number of amides is 1. The second-order valence-electron chi connectivity index (χ2n) is 7.25. The van der Waals surface area contributed by atoms with Gasteiger partial charge in [0.1, 0.15) is 26.2 Å². The molecule has 1 saturated heterocycles. The number of carbonyl (C=O) groups excluding carboxylic acids is 1. The van der Waals surface area contributed by atoms with Crippen LogP contribution in [0, 0.1) is 0 Å². The van der Waals surface area contributed by atoms with E-state index in [1.54, 1.807) is 11.6 Å². The summed E-state index contributed by atoms with van der Waals surface area (Å²) in [5, 5.41) is 5.29. The van der Waals surface area contributed by atoms with Crippen LogP contribution < -0.4 is 10.2 Å². The number of nitrogens with zero attached hydrogens (tertiary/aromatic N) is 4. The van der Waals surface area contributed by atoms with E-state index in [1.165, 1.54) is 17.6 Å². The number of hydrogen-bond donors (Lipinski definition) is 1. The Labute approximate surface area is 184 Å². The molecule has 164 valence electrons. The molecule has 0 aliphatic carbocycles. The molecule has 3 aromatic heterocycles. The summed E-state index contributed by atoms with van der Waals surface area (Å²) in [4.78, 5) is 29.5. The number of hydrogen-bond acceptors (Lipinski definition) is 9. The molecule has 0 bridgehead atoms. The molecule has 1 fully saturated rings. The van der Waals surface area contributed by atoms with Crippen molar-refractivity contribution in [3.63, 3.8) is 0 Å². The third-order valence-electron chi connectivity index (χ3n) is 4.84. The molecule has 0 atom stereocenters. The van der Waals surface area contributed by atoms with Crippen molar-refractivity contribution in [3.05, 3.63) is 35.3 Å². The van der Waals surface area contributed by atoms with Crippen molar-refractivity contribution >= 4 is 43.1 Å². The largest absolute Gasteiger partial charge is 0.378 e. The van der Waals surface area contributed by atoms with Gasteiger partial charge in [0.05, 0.1) is 29.9 Å². The van der Waals surface area contributed by atoms with Gasteiger partial charge in [-0.2, -0.15) is 0 Å². The van der Waals surface area contributed by atoms with Gasteiger partial charge >= 0.3 is 0 Å². The Kier molecular flexibility index (Phi) is 6.44. The molecule has 1 aliphatic rings. The molecule has 0 radical (unpaired) electrons. The zero-order valence-electron chi connectivity index (χ0n) is 17.1. The third-order valence-corrected chi connectivity index (χ3v) is 6.74. The summed E-state index contributed by atoms with van der Waals surface area (Å²) < 4.78 is 28.1. The maximum Gasteiger partial charge on any atom is 0.252 e. The average Bonchev–Trinajstić information content (AvgIpc) is 3.21. The first-order valence-corrected chi connectivity index (χ1v) is 12.9. The third kappa shape index (κ3) is 5.17. The number of anilines is 1. The SMILES string of the molecule is CS(=O)(=O)CCCNC(=O)c1csc2nc(-c3ccccn3)nc(N3CCOCC3)c12. The molecule has 3 aromatic rings. The Morgan fingerprint density at radius 1 is 1.26 bits per heavy atom. The Hall–Kier alpha value is -2.63. The molecule has 4 rings (SSSR count). The molecule has 31 heavy (non-hydrogen) atoms. The highest BCUT2D eigenvalue weighted by atomic mass is 32.2. The molecule has 0 spiro atoms. The molecule has 1 N–H and O–H groups in total. The summed E-state index contributed by atoms with van der Waals surface area (Å²) in [5.74, 6) is 0.976. The average molecular weight is 462 g/mol. The van der Waals surface area contributed by atoms with Gasteiger partial charge < -0.3 is 15.0 Å². The van der Waals surface area contributed by atoms with E-state index in [0.29, 0.717) is 65.8 Å². The molecule has 11 heteroatoms. The van der Waals surface area contributed by atoms with Crippen molar-refractivity contribution in [2.75, 3.05) is 49.8 Å². The summed E-state index contributed by atoms with van der Waals surface area (Å²) in [6.45, 7) is 2.78. The first-order valence-electron chi connectivity index (χ1n) is 9.91. The molecular weight excluding hydrogens is 438 g/mol. The highest BCUT2D eigenvalue weighted by Crippen LogP contribution is 2.34. The normalized spacial score (nSPS) is 14.7. The van der Waals surface area contributed by atoms with Crippen LogP contribution in [0.4, 0.5) is 5.82 Å². The topological polar surface area (TPSA) is 114 Å². The molecule has 0 aromatic carbocycles. The first-order chi connectivity index (χ1) is 14.9. The van der Waals surface area contributed by atoms with E-state index in [4.69, 9.17) is 9.72 Å². The molecule has 0 unspecified atom stereocenters. The number of ether oxygens (including phenoxy) is 1. The van der Waals surface area contributed by atoms with Gasteiger partial charge in [-0.25, -0.2) is 18.4 Å². The number of aromatic nitrogens is 3. The summed E-state index contributed by atoms with van der Waals surface area (Å²) in [7, 11) is -3.06. The van der Waals surface area contributed by atoms with Crippen LogP contribution in [0.25, 0.3) is 21.7 Å². The van der Waals surface area contributed by atoms with Gasteiger partial charge in [0.15, 0.2) is 5.82 Å². The predicted molar refractivity (Wildman–Crippen MR) is 120 cm³/mol. The Morgan fingerprint density at radius 2 is 2.06 bits per heavy atom. The summed E-state index contributed by atoms with van der Waals surface area (Å²) >= 11 is 1.38. The highest BCUT2D eigenvalue weighted by molar-refractivity contribution is 7.90. The summed E-state index contributed by atoms with van der Waals surface area (Å²) in [6, 6.07) is 5.57. The molecule has 9 nitrogen and oxygen atoms in total. The van der Waals surface area contributed by atoms with E-state index in [0.717, 1.165) is 0 Å². The van der Waals surface area contributed by atoms with Crippen molar-refractivity contribution in [2.45, 2.75) is 6.42 Å². The summed E-state index contributed by atoms with van der Waals surface area (Å²) in [5.41, 5.74) is 1.16. The fraction of sp³-hybridized carbons (Fsp3) is 0.400. The van der Waals surface area contributed by atoms with E-state index in [1.807, 2.05) is 18.2 Å². The number of pyridine rings is 1. The van der Waals surface area contributed by atoms with Gasteiger partial charge in [0.2, 0.25) is 0 Å². The lowest BCUT2D eigenvalue weighted by Crippen LogP contribution is -2.37. The highest BCUT2D eigenvalue weighted by Gasteiger charge is 2.24. The first kappa shape index (κ1) is 21.6. The fourth-order valence-electron chi connectivity index (χ4n) is 3.34. The lowest BCUT2D eigenvalue weighted by molar-refractivity contribution is 0.0955. The van der Waals surface area contributed by atoms with Crippen molar-refractivity contribution in [1.29, 1.82) is 0 Å². The number of nitrogens with one attached hydrogen (secondary N) is 1. The van der Waals surface area contributed by atoms with Crippen LogP contribution in [-0.4, -0.2) is 74.1 Å². The minimum Gasteiger partial charge on any atom is -0.378 e. The molecule has 0 saturated carbocycles. The lowest BCUT2D eigenvalue weighted by atomic mass is 10.2. The number of fused-ring (bicyclic) bond motifs is 1. The second kappa shape index (κ2) is 9.25. The van der Waals surface area contributed by atoms with Crippen LogP contribution >= 0.6 is 11.3 Å². The smallest absolute Gasteiger partial charge is 0.252 e. The predicted octanol–water partition coefficient (Wildman–Crippen LogP) is 1.75. The second-order valence-corrected chi connectivity index (χ2v) is 10.4. The van der Waals surface area contributed by atoms with Crippen LogP contribution in [0.1, 0.15) is 16.8 Å². The van der Waals surface area contributed by atoms with Crippen LogP contribution in [0.2, 0.25) is 0 Å². The van der Waals surface area contributed by atoms with Gasteiger partial charge in [0.25, 0.3) is 5.91 Å². The van der Waals surface area contributed by atoms with E-state index in [-0.39, 0.29) is 18.2 Å². The Bertz CT molecular complexity index is 1180. The number of carbonyl (C=O) groups is 1. The standard InChI is InChI=1S/C20H23N5O4S2/c1-31(27,28)12-4-7-22-19(26)14-13-30-20-16(14)18(25-8-10-29-11-9-25)23-17(24-20)15-5-2-3-6-21-15/h2-3,5-6,13H,4,7-12H2,1H3,(H,22,26). The zero-order valence-corrected chi connectivity index (χ0v) is 18.7. The van der Waals surface area contributed by atoms with E-state index < -0.39 is 9.84 Å². The van der Waals surface area contributed by atoms with Crippen molar-refractivity contribution in [2.24, 2.45) is 0 Å². The van der Waals surface area contributed by atoms with Gasteiger partial charge in [-0.15, -0.1) is 11.3 Å². The van der Waals surface area contributed by atoms with Crippen LogP contribution in [-0.2, 0) is 14.6 Å². The molecule has 1 aliphatic heterocycles. The Balaban J connectivity index is 1.68. The summed E-state index contributed by atoms with van der Waals surface area (Å²) in [6.07, 6.45) is 3.25.